The van der Waals surface area contributed by atoms with E-state index in [0.717, 1.165) is 6.07 Å². The fourth-order valence-corrected chi connectivity index (χ4v) is 4.48. The van der Waals surface area contributed by atoms with Crippen LogP contribution in [0.4, 0.5) is 0 Å². The van der Waals surface area contributed by atoms with Crippen molar-refractivity contribution < 1.29 is 64.2 Å². The summed E-state index contributed by atoms with van der Waals surface area (Å²) in [7, 11) is 0. The molecule has 2 aromatic carbocycles. The average molecular weight is 564 g/mol. The third-order valence-electron chi connectivity index (χ3n) is 6.78. The van der Waals surface area contributed by atoms with Crippen molar-refractivity contribution in [1.29, 1.82) is 0 Å². The van der Waals surface area contributed by atoms with Crippen LogP contribution in [0.1, 0.15) is 6.92 Å². The Kier molecular flexibility index (Phi) is 7.60. The molecule has 0 unspecified atom stereocenters. The number of rotatable bonds is 5. The maximum absolute atomic E-state index is 13.6. The zero-order valence-electron chi connectivity index (χ0n) is 20.9. The molecule has 2 saturated heterocycles. The van der Waals surface area contributed by atoms with Gasteiger partial charge in [0.15, 0.2) is 5.76 Å². The van der Waals surface area contributed by atoms with Crippen LogP contribution < -0.4 is 14.9 Å². The Balaban J connectivity index is 1.58. The van der Waals surface area contributed by atoms with Gasteiger partial charge in [-0.15, -0.1) is 0 Å². The molecule has 1 aromatic heterocycles. The van der Waals surface area contributed by atoms with Crippen LogP contribution in [0, 0.1) is 0 Å². The van der Waals surface area contributed by atoms with E-state index in [1.807, 2.05) is 0 Å². The molecule has 0 radical (unpaired) electrons. The Morgan fingerprint density at radius 3 is 2.20 bits per heavy atom. The molecule has 3 heterocycles. The van der Waals surface area contributed by atoms with E-state index >= 15 is 0 Å². The van der Waals surface area contributed by atoms with Gasteiger partial charge in [-0.25, -0.2) is 0 Å². The minimum absolute atomic E-state index is 0.0848. The lowest BCUT2D eigenvalue weighted by molar-refractivity contribution is -0.268. The van der Waals surface area contributed by atoms with Crippen molar-refractivity contribution in [3.8, 4) is 34.3 Å². The molecule has 2 fully saturated rings. The van der Waals surface area contributed by atoms with Crippen LogP contribution in [-0.2, 0) is 9.47 Å². The maximum Gasteiger partial charge on any atom is 0.239 e. The molecular formula is C26H28O14. The quantitative estimate of drug-likeness (QED) is 0.184. The second-order valence-corrected chi connectivity index (χ2v) is 9.62. The first-order valence-corrected chi connectivity index (χ1v) is 12.3. The number of fused-ring (bicyclic) bond motifs is 1. The first-order valence-electron chi connectivity index (χ1n) is 12.3. The second kappa shape index (κ2) is 10.8. The molecule has 8 N–H and O–H groups in total. The van der Waals surface area contributed by atoms with E-state index < -0.39 is 78.8 Å². The van der Waals surface area contributed by atoms with E-state index in [1.165, 1.54) is 37.3 Å². The summed E-state index contributed by atoms with van der Waals surface area (Å²) in [5, 5.41) is 80.5. The van der Waals surface area contributed by atoms with Gasteiger partial charge in [0.2, 0.25) is 23.8 Å². The lowest BCUT2D eigenvalue weighted by Crippen LogP contribution is -2.58. The van der Waals surface area contributed by atoms with Gasteiger partial charge < -0.3 is 64.2 Å². The van der Waals surface area contributed by atoms with Crippen molar-refractivity contribution in [1.82, 2.24) is 0 Å². The number of benzene rings is 2. The lowest BCUT2D eigenvalue weighted by atomic mass is 10.00. The monoisotopic (exact) mass is 564 g/mol. The molecule has 0 aliphatic carbocycles. The summed E-state index contributed by atoms with van der Waals surface area (Å²) in [6.07, 6.45) is -13.3. The van der Waals surface area contributed by atoms with Gasteiger partial charge in [0.25, 0.3) is 0 Å². The third kappa shape index (κ3) is 5.07. The van der Waals surface area contributed by atoms with Gasteiger partial charge in [0.1, 0.15) is 64.8 Å². The van der Waals surface area contributed by atoms with Crippen molar-refractivity contribution in [3.63, 3.8) is 0 Å². The summed E-state index contributed by atoms with van der Waals surface area (Å²) in [4.78, 5) is 13.6. The third-order valence-corrected chi connectivity index (χ3v) is 6.78. The highest BCUT2D eigenvalue weighted by Gasteiger charge is 2.43. The summed E-state index contributed by atoms with van der Waals surface area (Å²) in [5.41, 5.74) is -0.860. The number of aliphatic hydroxyl groups is 6. The zero-order chi connectivity index (χ0) is 28.9. The topological polar surface area (TPSA) is 229 Å². The average Bonchev–Trinajstić information content (AvgIpc) is 2.92. The van der Waals surface area contributed by atoms with Gasteiger partial charge in [-0.2, -0.15) is 0 Å². The van der Waals surface area contributed by atoms with Gasteiger partial charge in [0.05, 0.1) is 12.7 Å². The SMILES string of the molecule is C[C@@H]1O[C@H](Oc2cc(O)c3c(=O)c(O[C@@H]4OC[C@H](O)[C@H](O)[C@@H]4O)c(-c4ccc(O)cc4)oc3c2)[C@H](O)[C@@H](O)[C@@H]1O. The first-order chi connectivity index (χ1) is 19.0. The summed E-state index contributed by atoms with van der Waals surface area (Å²) < 4.78 is 27.9. The lowest BCUT2D eigenvalue weighted by Gasteiger charge is -2.38. The van der Waals surface area contributed by atoms with E-state index in [-0.39, 0.29) is 33.8 Å². The van der Waals surface area contributed by atoms with Gasteiger partial charge in [0, 0.05) is 17.7 Å². The molecule has 14 heteroatoms. The molecule has 3 aromatic rings. The molecule has 0 bridgehead atoms. The van der Waals surface area contributed by atoms with E-state index in [1.54, 1.807) is 0 Å². The minimum Gasteiger partial charge on any atom is -0.508 e. The fourth-order valence-electron chi connectivity index (χ4n) is 4.48. The van der Waals surface area contributed by atoms with Crippen LogP contribution in [0.25, 0.3) is 22.3 Å². The molecular weight excluding hydrogens is 536 g/mol. The highest BCUT2D eigenvalue weighted by atomic mass is 16.7. The van der Waals surface area contributed by atoms with Crippen molar-refractivity contribution in [2.75, 3.05) is 6.61 Å². The normalized spacial score (nSPS) is 32.6. The molecule has 9 atom stereocenters. The molecule has 40 heavy (non-hydrogen) atoms. The van der Waals surface area contributed by atoms with E-state index in [0.29, 0.717) is 0 Å². The van der Waals surface area contributed by atoms with Crippen molar-refractivity contribution in [3.05, 3.63) is 46.6 Å². The highest BCUT2D eigenvalue weighted by Crippen LogP contribution is 2.38. The molecule has 0 saturated carbocycles. The van der Waals surface area contributed by atoms with Crippen LogP contribution >= 0.6 is 0 Å². The molecule has 14 nitrogen and oxygen atoms in total. The summed E-state index contributed by atoms with van der Waals surface area (Å²) in [5.74, 6) is -1.54. The number of hydrogen-bond acceptors (Lipinski definition) is 14. The Morgan fingerprint density at radius 2 is 1.50 bits per heavy atom. The molecule has 0 spiro atoms. The van der Waals surface area contributed by atoms with Gasteiger partial charge in [-0.05, 0) is 31.2 Å². The summed E-state index contributed by atoms with van der Waals surface area (Å²) in [6, 6.07) is 7.69. The first kappa shape index (κ1) is 28.1. The van der Waals surface area contributed by atoms with Gasteiger partial charge in [-0.1, -0.05) is 0 Å². The van der Waals surface area contributed by atoms with Crippen LogP contribution in [-0.4, -0.2) is 103 Å². The fraction of sp³-hybridized carbons (Fsp3) is 0.423. The van der Waals surface area contributed by atoms with Gasteiger partial charge >= 0.3 is 0 Å². The van der Waals surface area contributed by atoms with Crippen LogP contribution in [0.15, 0.2) is 45.6 Å². The molecule has 216 valence electrons. The smallest absolute Gasteiger partial charge is 0.239 e. The molecule has 2 aliphatic rings. The Bertz CT molecular complexity index is 1420. The number of aromatic hydroxyl groups is 2. The standard InChI is InChI=1S/C26H28O14/c1-9-17(30)20(33)22(35)26(37-9)38-12-6-13(28)16-15(7-12)39-23(10-2-4-11(27)5-3-10)24(19(16)32)40-25-21(34)18(31)14(29)8-36-25/h2-7,9,14,17-18,20-22,25-31,33-35H,8H2,1H3/t9-,14-,17+,18-,20-,21-,22+,25-,26+/m0/s1. The number of hydrogen-bond donors (Lipinski definition) is 8. The predicted octanol–water partition coefficient (Wildman–Crippen LogP) is -1.10. The minimum atomic E-state index is -1.74. The van der Waals surface area contributed by atoms with Crippen molar-refractivity contribution >= 4 is 11.0 Å². The zero-order valence-corrected chi connectivity index (χ0v) is 20.9. The maximum atomic E-state index is 13.6. The number of phenolic OH excluding ortho intramolecular Hbond substituents is 2. The Labute approximate surface area is 225 Å². The number of aliphatic hydroxyl groups excluding tert-OH is 6. The predicted molar refractivity (Wildman–Crippen MR) is 133 cm³/mol. The molecule has 2 aliphatic heterocycles. The Hall–Kier alpha value is -3.47. The Morgan fingerprint density at radius 1 is 0.825 bits per heavy atom. The molecule has 0 amide bonds. The second-order valence-electron chi connectivity index (χ2n) is 9.62. The highest BCUT2D eigenvalue weighted by molar-refractivity contribution is 5.88. The van der Waals surface area contributed by atoms with Crippen LogP contribution in [0.3, 0.4) is 0 Å². The van der Waals surface area contributed by atoms with Crippen LogP contribution in [0.2, 0.25) is 0 Å². The summed E-state index contributed by atoms with van der Waals surface area (Å²) in [6.45, 7) is 1.06. The van der Waals surface area contributed by atoms with Crippen molar-refractivity contribution in [2.45, 2.75) is 62.2 Å². The van der Waals surface area contributed by atoms with Crippen LogP contribution in [0.5, 0.6) is 23.0 Å². The largest absolute Gasteiger partial charge is 0.508 e. The van der Waals surface area contributed by atoms with Gasteiger partial charge in [-0.3, -0.25) is 4.79 Å². The van der Waals surface area contributed by atoms with E-state index in [2.05, 4.69) is 0 Å². The number of ether oxygens (including phenoxy) is 4. The van der Waals surface area contributed by atoms with Crippen molar-refractivity contribution in [2.24, 2.45) is 0 Å². The number of phenols is 2. The molecule has 5 rings (SSSR count). The summed E-state index contributed by atoms with van der Waals surface area (Å²) >= 11 is 0. The van der Waals surface area contributed by atoms with E-state index in [4.69, 9.17) is 23.4 Å². The van der Waals surface area contributed by atoms with E-state index in [9.17, 15) is 45.6 Å².